The predicted octanol–water partition coefficient (Wildman–Crippen LogP) is 4.67. The van der Waals surface area contributed by atoms with Gasteiger partial charge in [-0.05, 0) is 31.2 Å². The Morgan fingerprint density at radius 1 is 1.42 bits per heavy atom. The number of pyridine rings is 1. The highest BCUT2D eigenvalue weighted by atomic mass is 35.5. The second kappa shape index (κ2) is 6.56. The van der Waals surface area contributed by atoms with E-state index in [1.165, 1.54) is 25.1 Å². The van der Waals surface area contributed by atoms with Crippen molar-refractivity contribution in [2.45, 2.75) is 52.0 Å². The Balaban J connectivity index is 2.19. The lowest BCUT2D eigenvalue weighted by atomic mass is 10.1. The summed E-state index contributed by atoms with van der Waals surface area (Å²) in [5.74, 6) is 0.777. The van der Waals surface area contributed by atoms with Gasteiger partial charge in [-0.25, -0.2) is 9.37 Å². The van der Waals surface area contributed by atoms with Crippen LogP contribution < -0.4 is 4.90 Å². The van der Waals surface area contributed by atoms with Crippen LogP contribution in [0.1, 0.15) is 46.0 Å². The van der Waals surface area contributed by atoms with Gasteiger partial charge in [0.1, 0.15) is 0 Å². The lowest BCUT2D eigenvalue weighted by molar-refractivity contribution is 0.511. The van der Waals surface area contributed by atoms with Crippen molar-refractivity contribution < 1.29 is 4.39 Å². The van der Waals surface area contributed by atoms with Crippen LogP contribution in [0.25, 0.3) is 0 Å². The fraction of sp³-hybridized carbons (Fsp3) is 0.667. The molecule has 0 unspecified atom stereocenters. The van der Waals surface area contributed by atoms with Crippen LogP contribution in [0.3, 0.4) is 0 Å². The predicted molar refractivity (Wildman–Crippen MR) is 78.3 cm³/mol. The molecule has 0 atom stereocenters. The van der Waals surface area contributed by atoms with Crippen LogP contribution in [-0.4, -0.2) is 17.6 Å². The zero-order valence-electron chi connectivity index (χ0n) is 11.7. The minimum atomic E-state index is -0.303. The van der Waals surface area contributed by atoms with Gasteiger partial charge in [0.25, 0.3) is 0 Å². The number of rotatable bonds is 5. The Hall–Kier alpha value is -0.830. The molecule has 2 nitrogen and oxygen atoms in total. The molecular formula is C15H22ClFN2. The molecule has 2 rings (SSSR count). The Labute approximate surface area is 120 Å². The molecule has 1 aromatic rings. The van der Waals surface area contributed by atoms with Gasteiger partial charge in [-0.3, -0.25) is 0 Å². The fourth-order valence-electron chi connectivity index (χ4n) is 2.69. The first kappa shape index (κ1) is 14.6. The van der Waals surface area contributed by atoms with Crippen LogP contribution in [0.5, 0.6) is 0 Å². The quantitative estimate of drug-likeness (QED) is 0.781. The zero-order chi connectivity index (χ0) is 13.8. The van der Waals surface area contributed by atoms with Crippen LogP contribution in [0, 0.1) is 11.7 Å². The third-order valence-electron chi connectivity index (χ3n) is 3.77. The second-order valence-corrected chi connectivity index (χ2v) is 6.21. The first-order chi connectivity index (χ1) is 9.08. The van der Waals surface area contributed by atoms with E-state index in [2.05, 4.69) is 23.7 Å². The van der Waals surface area contributed by atoms with Crippen LogP contribution in [-0.2, 0) is 0 Å². The molecule has 1 aromatic heterocycles. The first-order valence-electron chi connectivity index (χ1n) is 7.15. The molecule has 1 heterocycles. The molecule has 0 spiro atoms. The average Bonchev–Trinajstić information content (AvgIpc) is 2.85. The molecule has 0 bridgehead atoms. The lowest BCUT2D eigenvalue weighted by Crippen LogP contribution is -2.36. The molecule has 0 aliphatic heterocycles. The van der Waals surface area contributed by atoms with Gasteiger partial charge in [0.15, 0.2) is 11.6 Å². The summed E-state index contributed by atoms with van der Waals surface area (Å²) in [7, 11) is 0. The van der Waals surface area contributed by atoms with Crippen molar-refractivity contribution in [2.24, 2.45) is 5.92 Å². The highest BCUT2D eigenvalue weighted by Crippen LogP contribution is 2.30. The van der Waals surface area contributed by atoms with E-state index < -0.39 is 0 Å². The van der Waals surface area contributed by atoms with Crippen molar-refractivity contribution in [3.05, 3.63) is 23.1 Å². The summed E-state index contributed by atoms with van der Waals surface area (Å²) in [6.07, 6.45) is 7.34. The molecule has 0 aromatic carbocycles. The van der Waals surface area contributed by atoms with E-state index in [0.717, 1.165) is 25.8 Å². The maximum Gasteiger partial charge on any atom is 0.167 e. The monoisotopic (exact) mass is 284 g/mol. The van der Waals surface area contributed by atoms with E-state index in [0.29, 0.717) is 22.8 Å². The van der Waals surface area contributed by atoms with E-state index in [1.54, 1.807) is 0 Å². The minimum Gasteiger partial charge on any atom is -0.351 e. The molecule has 19 heavy (non-hydrogen) atoms. The summed E-state index contributed by atoms with van der Waals surface area (Å²) in [6.45, 7) is 5.25. The molecule has 1 fully saturated rings. The second-order valence-electron chi connectivity index (χ2n) is 5.77. The molecule has 1 aliphatic rings. The average molecular weight is 285 g/mol. The molecule has 1 aliphatic carbocycles. The first-order valence-corrected chi connectivity index (χ1v) is 7.53. The number of hydrogen-bond acceptors (Lipinski definition) is 2. The van der Waals surface area contributed by atoms with Crippen molar-refractivity contribution in [3.8, 4) is 0 Å². The highest BCUT2D eigenvalue weighted by Gasteiger charge is 2.25. The summed E-state index contributed by atoms with van der Waals surface area (Å²) in [4.78, 5) is 6.37. The highest BCUT2D eigenvalue weighted by molar-refractivity contribution is 6.30. The van der Waals surface area contributed by atoms with Gasteiger partial charge >= 0.3 is 0 Å². The number of halogens is 2. The minimum absolute atomic E-state index is 0.303. The van der Waals surface area contributed by atoms with Crippen molar-refractivity contribution >= 4 is 17.4 Å². The molecule has 1 saturated carbocycles. The number of anilines is 1. The van der Waals surface area contributed by atoms with E-state index in [1.807, 2.05) is 0 Å². The topological polar surface area (TPSA) is 16.1 Å². The Morgan fingerprint density at radius 2 is 2.11 bits per heavy atom. The van der Waals surface area contributed by atoms with Gasteiger partial charge in [0.05, 0.1) is 5.02 Å². The Morgan fingerprint density at radius 3 is 2.68 bits per heavy atom. The fourth-order valence-corrected chi connectivity index (χ4v) is 2.84. The Bertz CT molecular complexity index is 417. The summed E-state index contributed by atoms with van der Waals surface area (Å²) < 4.78 is 14.1. The standard InChI is InChI=1S/C15H22ClFN2/c1-11(2)7-8-19(13-5-3-4-6-13)15-14(17)9-12(16)10-18-15/h9-11,13H,3-8H2,1-2H3. The van der Waals surface area contributed by atoms with Gasteiger partial charge < -0.3 is 4.90 Å². The van der Waals surface area contributed by atoms with Crippen molar-refractivity contribution in [2.75, 3.05) is 11.4 Å². The Kier molecular flexibility index (Phi) is 5.03. The molecule has 0 radical (unpaired) electrons. The lowest BCUT2D eigenvalue weighted by Gasteiger charge is -2.31. The third-order valence-corrected chi connectivity index (χ3v) is 3.98. The molecular weight excluding hydrogens is 263 g/mol. The molecule has 0 saturated heterocycles. The number of nitrogens with zero attached hydrogens (tertiary/aromatic N) is 2. The number of aromatic nitrogens is 1. The van der Waals surface area contributed by atoms with Crippen molar-refractivity contribution in [1.82, 2.24) is 4.98 Å². The molecule has 0 N–H and O–H groups in total. The van der Waals surface area contributed by atoms with Crippen LogP contribution in [0.2, 0.25) is 5.02 Å². The molecule has 0 amide bonds. The van der Waals surface area contributed by atoms with Gasteiger partial charge in [-0.1, -0.05) is 38.3 Å². The van der Waals surface area contributed by atoms with E-state index in [4.69, 9.17) is 11.6 Å². The van der Waals surface area contributed by atoms with Gasteiger partial charge in [0, 0.05) is 18.8 Å². The van der Waals surface area contributed by atoms with Gasteiger partial charge in [-0.2, -0.15) is 0 Å². The smallest absolute Gasteiger partial charge is 0.167 e. The van der Waals surface area contributed by atoms with Gasteiger partial charge in [-0.15, -0.1) is 0 Å². The summed E-state index contributed by atoms with van der Waals surface area (Å²) in [6, 6.07) is 1.79. The van der Waals surface area contributed by atoms with E-state index in [-0.39, 0.29) is 5.82 Å². The molecule has 4 heteroatoms. The van der Waals surface area contributed by atoms with Gasteiger partial charge in [0.2, 0.25) is 0 Å². The van der Waals surface area contributed by atoms with Crippen molar-refractivity contribution in [1.29, 1.82) is 0 Å². The maximum absolute atomic E-state index is 14.1. The largest absolute Gasteiger partial charge is 0.351 e. The van der Waals surface area contributed by atoms with E-state index >= 15 is 0 Å². The molecule has 106 valence electrons. The SMILES string of the molecule is CC(C)CCN(c1ncc(Cl)cc1F)C1CCCC1. The summed E-state index contributed by atoms with van der Waals surface area (Å²) in [5.41, 5.74) is 0. The normalized spacial score (nSPS) is 16.3. The number of hydrogen-bond donors (Lipinski definition) is 0. The van der Waals surface area contributed by atoms with Crippen LogP contribution >= 0.6 is 11.6 Å². The zero-order valence-corrected chi connectivity index (χ0v) is 12.5. The van der Waals surface area contributed by atoms with Crippen molar-refractivity contribution in [3.63, 3.8) is 0 Å². The third kappa shape index (κ3) is 3.82. The van der Waals surface area contributed by atoms with Crippen LogP contribution in [0.4, 0.5) is 10.2 Å². The summed E-state index contributed by atoms with van der Waals surface area (Å²) >= 11 is 5.79. The maximum atomic E-state index is 14.1. The summed E-state index contributed by atoms with van der Waals surface area (Å²) in [5, 5.41) is 0.358. The van der Waals surface area contributed by atoms with Crippen LogP contribution in [0.15, 0.2) is 12.3 Å². The van der Waals surface area contributed by atoms with E-state index in [9.17, 15) is 4.39 Å².